The number of aromatic nitrogens is 3. The highest BCUT2D eigenvalue weighted by Gasteiger charge is 2.16. The van der Waals surface area contributed by atoms with Crippen molar-refractivity contribution in [3.05, 3.63) is 57.5 Å². The van der Waals surface area contributed by atoms with E-state index in [-0.39, 0.29) is 18.0 Å². The standard InChI is InChI=1S/C23H27N5O2S/c1-5-21-25-27(23(30)19-13-20-18(28(19)21)10-11-31-20)14-22(29)24-17-9-8-16(12-15(17)4)26(6-2)7-3/h8-13H,5-7,14H2,1-4H3,(H,24,29). The van der Waals surface area contributed by atoms with E-state index in [0.29, 0.717) is 11.9 Å². The van der Waals surface area contributed by atoms with Gasteiger partial charge in [0.2, 0.25) is 5.91 Å². The molecule has 3 aromatic heterocycles. The molecular weight excluding hydrogens is 410 g/mol. The third-order valence-electron chi connectivity index (χ3n) is 5.59. The van der Waals surface area contributed by atoms with Crippen LogP contribution in [0.5, 0.6) is 0 Å². The topological polar surface area (TPSA) is 71.6 Å². The van der Waals surface area contributed by atoms with E-state index >= 15 is 0 Å². The van der Waals surface area contributed by atoms with E-state index in [1.54, 1.807) is 11.3 Å². The molecule has 0 aliphatic carbocycles. The average molecular weight is 438 g/mol. The first-order valence-corrected chi connectivity index (χ1v) is 11.5. The number of carbonyl (C=O) groups is 1. The Labute approximate surface area is 184 Å². The first kappa shape index (κ1) is 21.1. The van der Waals surface area contributed by atoms with E-state index in [9.17, 15) is 9.59 Å². The number of thiophene rings is 1. The molecule has 0 bridgehead atoms. The summed E-state index contributed by atoms with van der Waals surface area (Å²) in [5, 5.41) is 9.43. The lowest BCUT2D eigenvalue weighted by Crippen LogP contribution is -2.32. The molecule has 4 rings (SSSR count). The molecule has 3 heterocycles. The Kier molecular flexibility index (Phi) is 5.82. The van der Waals surface area contributed by atoms with Gasteiger partial charge in [0.25, 0.3) is 5.56 Å². The summed E-state index contributed by atoms with van der Waals surface area (Å²) in [6, 6.07) is 9.87. The molecule has 0 saturated carbocycles. The van der Waals surface area contributed by atoms with E-state index in [2.05, 4.69) is 35.2 Å². The molecule has 1 amide bonds. The molecule has 7 nitrogen and oxygen atoms in total. The number of fused-ring (bicyclic) bond motifs is 3. The molecule has 162 valence electrons. The van der Waals surface area contributed by atoms with Gasteiger partial charge in [-0.25, -0.2) is 4.68 Å². The van der Waals surface area contributed by atoms with Crippen molar-refractivity contribution in [1.29, 1.82) is 0 Å². The van der Waals surface area contributed by atoms with Crippen LogP contribution in [0.1, 0.15) is 32.2 Å². The summed E-state index contributed by atoms with van der Waals surface area (Å²) in [7, 11) is 0. The van der Waals surface area contributed by atoms with Crippen molar-refractivity contribution >= 4 is 44.4 Å². The zero-order chi connectivity index (χ0) is 22.1. The Morgan fingerprint density at radius 3 is 2.58 bits per heavy atom. The number of carbonyl (C=O) groups excluding carboxylic acids is 1. The van der Waals surface area contributed by atoms with Gasteiger partial charge in [-0.1, -0.05) is 6.92 Å². The maximum Gasteiger partial charge on any atom is 0.291 e. The number of hydrogen-bond acceptors (Lipinski definition) is 5. The van der Waals surface area contributed by atoms with E-state index in [4.69, 9.17) is 0 Å². The maximum atomic E-state index is 13.0. The van der Waals surface area contributed by atoms with Gasteiger partial charge in [-0.2, -0.15) is 5.10 Å². The first-order valence-electron chi connectivity index (χ1n) is 10.6. The van der Waals surface area contributed by atoms with Crippen molar-refractivity contribution in [2.75, 3.05) is 23.3 Å². The summed E-state index contributed by atoms with van der Waals surface area (Å²) < 4.78 is 4.21. The van der Waals surface area contributed by atoms with Crippen LogP contribution in [0.2, 0.25) is 0 Å². The Balaban J connectivity index is 1.60. The third-order valence-corrected chi connectivity index (χ3v) is 6.45. The van der Waals surface area contributed by atoms with Crippen LogP contribution in [0.15, 0.2) is 40.5 Å². The van der Waals surface area contributed by atoms with Gasteiger partial charge >= 0.3 is 0 Å². The summed E-state index contributed by atoms with van der Waals surface area (Å²) >= 11 is 1.59. The molecule has 31 heavy (non-hydrogen) atoms. The normalized spacial score (nSPS) is 11.4. The van der Waals surface area contributed by atoms with Crippen LogP contribution < -0.4 is 15.8 Å². The van der Waals surface area contributed by atoms with Crippen molar-refractivity contribution in [2.45, 2.75) is 40.7 Å². The van der Waals surface area contributed by atoms with Crippen molar-refractivity contribution in [1.82, 2.24) is 14.2 Å². The molecule has 0 unspecified atom stereocenters. The Morgan fingerprint density at radius 2 is 1.90 bits per heavy atom. The molecule has 0 radical (unpaired) electrons. The van der Waals surface area contributed by atoms with Crippen LogP contribution in [-0.4, -0.2) is 33.2 Å². The fraction of sp³-hybridized carbons (Fsp3) is 0.348. The minimum absolute atomic E-state index is 0.127. The second-order valence-electron chi connectivity index (χ2n) is 7.49. The molecule has 0 atom stereocenters. The van der Waals surface area contributed by atoms with E-state index in [0.717, 1.165) is 46.1 Å². The predicted octanol–water partition coefficient (Wildman–Crippen LogP) is 4.07. The number of aryl methyl sites for hydroxylation is 2. The number of nitrogens with one attached hydrogen (secondary N) is 1. The molecule has 0 aliphatic rings. The largest absolute Gasteiger partial charge is 0.372 e. The van der Waals surface area contributed by atoms with Gasteiger partial charge in [0.15, 0.2) is 0 Å². The van der Waals surface area contributed by atoms with Gasteiger partial charge in [0.05, 0.1) is 10.2 Å². The average Bonchev–Trinajstić information content (AvgIpc) is 3.35. The van der Waals surface area contributed by atoms with Crippen LogP contribution >= 0.6 is 11.3 Å². The van der Waals surface area contributed by atoms with Gasteiger partial charge < -0.3 is 10.2 Å². The smallest absolute Gasteiger partial charge is 0.291 e. The lowest BCUT2D eigenvalue weighted by Gasteiger charge is -2.22. The Hall–Kier alpha value is -3.13. The summed E-state index contributed by atoms with van der Waals surface area (Å²) in [5.74, 6) is 0.489. The number of rotatable bonds is 7. The van der Waals surface area contributed by atoms with Crippen molar-refractivity contribution in [3.63, 3.8) is 0 Å². The van der Waals surface area contributed by atoms with Crippen LogP contribution in [0.4, 0.5) is 11.4 Å². The number of anilines is 2. The molecule has 0 fully saturated rings. The lowest BCUT2D eigenvalue weighted by molar-refractivity contribution is -0.117. The minimum atomic E-state index is -0.270. The second kappa shape index (κ2) is 8.55. The highest BCUT2D eigenvalue weighted by Crippen LogP contribution is 2.25. The number of hydrogen-bond donors (Lipinski definition) is 1. The van der Waals surface area contributed by atoms with Gasteiger partial charge in [-0.3, -0.25) is 14.0 Å². The van der Waals surface area contributed by atoms with Gasteiger partial charge in [-0.05, 0) is 62.0 Å². The van der Waals surface area contributed by atoms with Crippen molar-refractivity contribution in [2.24, 2.45) is 0 Å². The Bertz CT molecular complexity index is 1310. The highest BCUT2D eigenvalue weighted by atomic mass is 32.1. The molecule has 8 heteroatoms. The van der Waals surface area contributed by atoms with Crippen LogP contribution in [-0.2, 0) is 17.8 Å². The van der Waals surface area contributed by atoms with Crippen LogP contribution in [0.25, 0.3) is 15.7 Å². The predicted molar refractivity (Wildman–Crippen MR) is 128 cm³/mol. The highest BCUT2D eigenvalue weighted by molar-refractivity contribution is 7.17. The molecule has 1 N–H and O–H groups in total. The third kappa shape index (κ3) is 3.83. The molecule has 4 aromatic rings. The summed E-state index contributed by atoms with van der Waals surface area (Å²) in [5.41, 5.74) is 4.14. The molecule has 0 saturated heterocycles. The first-order chi connectivity index (χ1) is 15.0. The lowest BCUT2D eigenvalue weighted by atomic mass is 10.1. The Morgan fingerprint density at radius 1 is 1.13 bits per heavy atom. The molecule has 1 aromatic carbocycles. The van der Waals surface area contributed by atoms with Crippen LogP contribution in [0, 0.1) is 6.92 Å². The molecule has 0 aliphatic heterocycles. The molecule has 0 spiro atoms. The van der Waals surface area contributed by atoms with Crippen LogP contribution in [0.3, 0.4) is 0 Å². The quantitative estimate of drug-likeness (QED) is 0.473. The molecular formula is C23H27N5O2S. The van der Waals surface area contributed by atoms with Gasteiger partial charge in [-0.15, -0.1) is 11.3 Å². The summed E-state index contributed by atoms with van der Waals surface area (Å²) in [6.45, 7) is 9.94. The van der Waals surface area contributed by atoms with E-state index in [1.807, 2.05) is 47.9 Å². The zero-order valence-corrected chi connectivity index (χ0v) is 19.1. The monoisotopic (exact) mass is 437 g/mol. The SMILES string of the molecule is CCc1nn(CC(=O)Nc2ccc(N(CC)CC)cc2C)c(=O)c2cc3sccc3n12. The fourth-order valence-corrected chi connectivity index (χ4v) is 4.76. The van der Waals surface area contributed by atoms with E-state index < -0.39 is 0 Å². The number of benzene rings is 1. The summed E-state index contributed by atoms with van der Waals surface area (Å²) in [4.78, 5) is 28.0. The zero-order valence-electron chi connectivity index (χ0n) is 18.3. The van der Waals surface area contributed by atoms with Gasteiger partial charge in [0, 0.05) is 30.9 Å². The number of amides is 1. The van der Waals surface area contributed by atoms with Crippen molar-refractivity contribution < 1.29 is 4.79 Å². The second-order valence-corrected chi connectivity index (χ2v) is 8.44. The van der Waals surface area contributed by atoms with Crippen molar-refractivity contribution in [3.8, 4) is 0 Å². The number of nitrogens with zero attached hydrogens (tertiary/aromatic N) is 4. The summed E-state index contributed by atoms with van der Waals surface area (Å²) in [6.07, 6.45) is 0.657. The maximum absolute atomic E-state index is 13.0. The minimum Gasteiger partial charge on any atom is -0.372 e. The fourth-order valence-electron chi connectivity index (χ4n) is 3.96. The van der Waals surface area contributed by atoms with E-state index in [1.165, 1.54) is 4.68 Å². The van der Waals surface area contributed by atoms with Gasteiger partial charge in [0.1, 0.15) is 17.9 Å².